The van der Waals surface area contributed by atoms with E-state index in [1.54, 1.807) is 41.7 Å². The minimum atomic E-state index is -4.64. The first-order valence-corrected chi connectivity index (χ1v) is 21.1. The number of fused-ring (bicyclic) bond motifs is 1. The van der Waals surface area contributed by atoms with Gasteiger partial charge in [0.05, 0.1) is 24.2 Å². The van der Waals surface area contributed by atoms with E-state index in [1.807, 2.05) is 12.1 Å². The third-order valence-electron chi connectivity index (χ3n) is 11.9. The number of carbonyl (C=O) groups excluding carboxylic acids is 2. The van der Waals surface area contributed by atoms with Crippen molar-refractivity contribution in [1.82, 2.24) is 25.1 Å². The van der Waals surface area contributed by atoms with Gasteiger partial charge in [-0.1, -0.05) is 12.8 Å². The number of hydrogen-bond donors (Lipinski definition) is 3. The highest BCUT2D eigenvalue weighted by Gasteiger charge is 2.34. The summed E-state index contributed by atoms with van der Waals surface area (Å²) in [7, 11) is 1.64. The predicted molar refractivity (Wildman–Crippen MR) is 221 cm³/mol. The number of nitrogens with one attached hydrogen (secondary N) is 3. The molecule has 1 saturated carbocycles. The number of alkyl halides is 3. The van der Waals surface area contributed by atoms with Crippen LogP contribution in [0.15, 0.2) is 30.3 Å². The highest BCUT2D eigenvalue weighted by Crippen LogP contribution is 2.43. The number of unbranched alkanes of at least 4 members (excludes halogenated alkanes) is 1. The zero-order chi connectivity index (χ0) is 41.6. The van der Waals surface area contributed by atoms with Crippen LogP contribution in [-0.2, 0) is 15.7 Å². The highest BCUT2D eigenvalue weighted by molar-refractivity contribution is 5.91. The fourth-order valence-electron chi connectivity index (χ4n) is 8.78. The van der Waals surface area contributed by atoms with Gasteiger partial charge in [-0.2, -0.15) is 13.2 Å². The van der Waals surface area contributed by atoms with E-state index in [0.29, 0.717) is 28.5 Å². The third kappa shape index (κ3) is 11.5. The number of anilines is 2. The molecule has 2 aromatic carbocycles. The number of amides is 2. The van der Waals surface area contributed by atoms with Crippen LogP contribution in [-0.4, -0.2) is 90.3 Å². The van der Waals surface area contributed by atoms with Crippen molar-refractivity contribution in [3.8, 4) is 5.75 Å². The molecule has 2 amide bonds. The fourth-order valence-corrected chi connectivity index (χ4v) is 8.78. The Morgan fingerprint density at radius 2 is 1.64 bits per heavy atom. The molecule has 11 nitrogen and oxygen atoms in total. The van der Waals surface area contributed by atoms with E-state index < -0.39 is 29.5 Å². The topological polar surface area (TPSA) is 121 Å². The second-order valence-electron chi connectivity index (χ2n) is 17.5. The van der Waals surface area contributed by atoms with Gasteiger partial charge in [0, 0.05) is 49.2 Å². The van der Waals surface area contributed by atoms with Crippen LogP contribution in [0.1, 0.15) is 120 Å². The van der Waals surface area contributed by atoms with Crippen LogP contribution in [0, 0.1) is 18.8 Å². The van der Waals surface area contributed by atoms with Gasteiger partial charge in [0.1, 0.15) is 23.0 Å². The zero-order valence-corrected chi connectivity index (χ0v) is 35.1. The highest BCUT2D eigenvalue weighted by atomic mass is 19.4. The molecule has 3 aromatic rings. The van der Waals surface area contributed by atoms with Crippen molar-refractivity contribution < 1.29 is 32.2 Å². The van der Waals surface area contributed by atoms with Gasteiger partial charge in [-0.3, -0.25) is 15.0 Å². The summed E-state index contributed by atoms with van der Waals surface area (Å²) in [5.74, 6) is 2.99. The van der Waals surface area contributed by atoms with E-state index >= 15 is 0 Å². The second-order valence-corrected chi connectivity index (χ2v) is 17.5. The van der Waals surface area contributed by atoms with Gasteiger partial charge in [0.15, 0.2) is 0 Å². The molecule has 318 valence electrons. The Morgan fingerprint density at radius 3 is 2.29 bits per heavy atom. The van der Waals surface area contributed by atoms with Crippen molar-refractivity contribution in [2.75, 3.05) is 63.6 Å². The number of nitrogens with zero attached hydrogens (tertiary/aromatic N) is 4. The molecule has 2 saturated heterocycles. The standard InChI is InChI=1S/C44H62F3N7O4/c1-28(33-23-34(44(45,46)47)25-35(24-33)52-42(56)58-43(3,4)5)49-40-37-26-36(39(57-6)27-38(37)50-29(2)51-40)31-10-12-32(13-11-31)41(55)54-21-19-53(20-22-54)18-8-7-9-30-14-16-48-17-15-30/h23-28,30-32,48H,7-22H2,1-6H3,(H,52,56)(H,49,50,51)/t28-,31?,32?/m1/s1. The van der Waals surface area contributed by atoms with E-state index in [0.717, 1.165) is 100 Å². The number of methoxy groups -OCH3 is 1. The summed E-state index contributed by atoms with van der Waals surface area (Å²) in [6.07, 6.45) is 4.23. The molecule has 0 unspecified atom stereocenters. The number of aromatic nitrogens is 2. The lowest BCUT2D eigenvalue weighted by atomic mass is 9.77. The van der Waals surface area contributed by atoms with Gasteiger partial charge in [-0.15, -0.1) is 0 Å². The Balaban J connectivity index is 1.10. The van der Waals surface area contributed by atoms with Crippen LogP contribution < -0.4 is 20.7 Å². The number of benzene rings is 2. The monoisotopic (exact) mass is 809 g/mol. The number of piperidine rings is 1. The van der Waals surface area contributed by atoms with E-state index in [4.69, 9.17) is 14.5 Å². The summed E-state index contributed by atoms with van der Waals surface area (Å²) in [5, 5.41) is 9.97. The van der Waals surface area contributed by atoms with Gasteiger partial charge < -0.3 is 25.0 Å². The molecule has 1 aliphatic carbocycles. The Morgan fingerprint density at radius 1 is 0.931 bits per heavy atom. The van der Waals surface area contributed by atoms with Crippen molar-refractivity contribution in [2.45, 2.75) is 116 Å². The van der Waals surface area contributed by atoms with Crippen molar-refractivity contribution >= 4 is 34.4 Å². The number of piperazine rings is 1. The molecule has 3 aliphatic rings. The maximum absolute atomic E-state index is 14.1. The Hall–Kier alpha value is -4.17. The van der Waals surface area contributed by atoms with Gasteiger partial charge in [0.25, 0.3) is 0 Å². The lowest BCUT2D eigenvalue weighted by Gasteiger charge is -2.38. The lowest BCUT2D eigenvalue weighted by Crippen LogP contribution is -2.50. The maximum atomic E-state index is 14.1. The smallest absolute Gasteiger partial charge is 0.416 e. The first-order chi connectivity index (χ1) is 27.6. The number of halogens is 3. The lowest BCUT2D eigenvalue weighted by molar-refractivity contribution is -0.138. The van der Waals surface area contributed by atoms with Crippen LogP contribution in [0.5, 0.6) is 5.75 Å². The van der Waals surface area contributed by atoms with Gasteiger partial charge in [0.2, 0.25) is 5.91 Å². The van der Waals surface area contributed by atoms with Gasteiger partial charge in [-0.25, -0.2) is 14.8 Å². The largest absolute Gasteiger partial charge is 0.496 e. The normalized spacial score (nSPS) is 20.5. The SMILES string of the molecule is COc1cc2nc(C)nc(N[C@H](C)c3cc(NC(=O)OC(C)(C)C)cc(C(F)(F)F)c3)c2cc1C1CCC(C(=O)N2CCN(CCCCC3CCNCC3)CC2)CC1. The third-order valence-corrected chi connectivity index (χ3v) is 11.9. The molecule has 1 aromatic heterocycles. The van der Waals surface area contributed by atoms with Crippen LogP contribution in [0.25, 0.3) is 10.9 Å². The molecule has 3 N–H and O–H groups in total. The molecule has 0 radical (unpaired) electrons. The molecule has 6 rings (SSSR count). The Kier molecular flexibility index (Phi) is 14.1. The van der Waals surface area contributed by atoms with Crippen LogP contribution in [0.3, 0.4) is 0 Å². The minimum Gasteiger partial charge on any atom is -0.496 e. The molecule has 14 heteroatoms. The average Bonchev–Trinajstić information content (AvgIpc) is 3.18. The van der Waals surface area contributed by atoms with Crippen LogP contribution in [0.4, 0.5) is 29.5 Å². The molecule has 2 aliphatic heterocycles. The molecular formula is C44H62F3N7O4. The first kappa shape index (κ1) is 43.4. The van der Waals surface area contributed by atoms with Crippen molar-refractivity contribution in [3.05, 3.63) is 52.8 Å². The van der Waals surface area contributed by atoms with Crippen molar-refractivity contribution in [1.29, 1.82) is 0 Å². The van der Waals surface area contributed by atoms with Crippen LogP contribution in [0.2, 0.25) is 0 Å². The summed E-state index contributed by atoms with van der Waals surface area (Å²) >= 11 is 0. The van der Waals surface area contributed by atoms with E-state index in [-0.39, 0.29) is 23.4 Å². The van der Waals surface area contributed by atoms with Crippen molar-refractivity contribution in [3.63, 3.8) is 0 Å². The Bertz CT molecular complexity index is 1880. The molecule has 3 fully saturated rings. The summed E-state index contributed by atoms with van der Waals surface area (Å²) in [6, 6.07) is 6.75. The second kappa shape index (κ2) is 18.8. The van der Waals surface area contributed by atoms with E-state index in [2.05, 4.69) is 30.7 Å². The van der Waals surface area contributed by atoms with E-state index in [9.17, 15) is 22.8 Å². The number of ether oxygens (including phenoxy) is 2. The molecule has 0 bridgehead atoms. The van der Waals surface area contributed by atoms with E-state index in [1.165, 1.54) is 38.2 Å². The molecule has 3 heterocycles. The fraction of sp³-hybridized carbons (Fsp3) is 0.636. The molecule has 1 atom stereocenters. The number of rotatable bonds is 12. The average molecular weight is 810 g/mol. The number of hydrogen-bond acceptors (Lipinski definition) is 9. The van der Waals surface area contributed by atoms with Crippen LogP contribution >= 0.6 is 0 Å². The number of aryl methyl sites for hydroxylation is 1. The summed E-state index contributed by atoms with van der Waals surface area (Å²) < 4.78 is 53.3. The van der Waals surface area contributed by atoms with Gasteiger partial charge in [-0.05, 0) is 146 Å². The zero-order valence-electron chi connectivity index (χ0n) is 35.1. The van der Waals surface area contributed by atoms with Crippen molar-refractivity contribution in [2.24, 2.45) is 11.8 Å². The first-order valence-electron chi connectivity index (χ1n) is 21.1. The summed E-state index contributed by atoms with van der Waals surface area (Å²) in [6.45, 7) is 15.4. The molecule has 58 heavy (non-hydrogen) atoms. The quantitative estimate of drug-likeness (QED) is 0.154. The predicted octanol–water partition coefficient (Wildman–Crippen LogP) is 9.07. The molecular weight excluding hydrogens is 748 g/mol. The summed E-state index contributed by atoms with van der Waals surface area (Å²) in [5.41, 5.74) is 0.185. The maximum Gasteiger partial charge on any atom is 0.416 e. The number of carbonyl (C=O) groups is 2. The summed E-state index contributed by atoms with van der Waals surface area (Å²) in [4.78, 5) is 40.1. The minimum absolute atomic E-state index is 0.00505. The molecule has 0 spiro atoms. The Labute approximate surface area is 341 Å². The van der Waals surface area contributed by atoms with Gasteiger partial charge >= 0.3 is 12.3 Å².